The Kier molecular flexibility index (Phi) is 3.90. The lowest BCUT2D eigenvalue weighted by Crippen LogP contribution is -2.13. The number of aromatic nitrogens is 4. The Balaban J connectivity index is 1.77. The minimum atomic E-state index is -0.288. The highest BCUT2D eigenvalue weighted by atomic mass is 35.5. The molecule has 0 saturated carbocycles. The third-order valence-electron chi connectivity index (χ3n) is 2.88. The molecule has 5 nitrogen and oxygen atoms in total. The van der Waals surface area contributed by atoms with Crippen molar-refractivity contribution >= 4 is 34.9 Å². The standard InChI is InChI=1S/C14H11ClN4OS/c1-9(12(20)10-3-5-11(15)6-4-10)21-14-17-13-16-7-2-8-19(13)18-14/h2-9H,1H3. The molecule has 0 aliphatic rings. The first kappa shape index (κ1) is 14.0. The van der Waals surface area contributed by atoms with Crippen molar-refractivity contribution in [2.24, 2.45) is 0 Å². The summed E-state index contributed by atoms with van der Waals surface area (Å²) in [6.45, 7) is 1.83. The van der Waals surface area contributed by atoms with Crippen LogP contribution in [-0.4, -0.2) is 30.6 Å². The molecule has 0 saturated heterocycles. The van der Waals surface area contributed by atoms with E-state index in [-0.39, 0.29) is 11.0 Å². The second-order valence-corrected chi connectivity index (χ2v) is 6.13. The van der Waals surface area contributed by atoms with Gasteiger partial charge in [-0.25, -0.2) is 9.50 Å². The number of carbonyl (C=O) groups is 1. The lowest BCUT2D eigenvalue weighted by Gasteiger charge is -2.07. The summed E-state index contributed by atoms with van der Waals surface area (Å²) in [5, 5.41) is 5.13. The summed E-state index contributed by atoms with van der Waals surface area (Å²) < 4.78 is 1.59. The van der Waals surface area contributed by atoms with E-state index >= 15 is 0 Å². The van der Waals surface area contributed by atoms with E-state index in [9.17, 15) is 4.79 Å². The van der Waals surface area contributed by atoms with Crippen LogP contribution in [0, 0.1) is 0 Å². The molecule has 2 aromatic heterocycles. The monoisotopic (exact) mass is 318 g/mol. The van der Waals surface area contributed by atoms with Crippen LogP contribution in [0.4, 0.5) is 0 Å². The van der Waals surface area contributed by atoms with Gasteiger partial charge in [0.15, 0.2) is 5.78 Å². The number of nitrogens with zero attached hydrogens (tertiary/aromatic N) is 4. The summed E-state index contributed by atoms with van der Waals surface area (Å²) >= 11 is 7.14. The van der Waals surface area contributed by atoms with Gasteiger partial charge in [0.2, 0.25) is 5.16 Å². The van der Waals surface area contributed by atoms with Gasteiger partial charge in [-0.05, 0) is 37.3 Å². The lowest BCUT2D eigenvalue weighted by molar-refractivity contribution is 0.0994. The average molecular weight is 319 g/mol. The molecule has 0 N–H and O–H groups in total. The highest BCUT2D eigenvalue weighted by Crippen LogP contribution is 2.23. The second kappa shape index (κ2) is 5.83. The number of Topliss-reactive ketones (excluding diaryl/α,β-unsaturated/α-hetero) is 1. The van der Waals surface area contributed by atoms with Crippen LogP contribution in [0.25, 0.3) is 5.78 Å². The molecule has 21 heavy (non-hydrogen) atoms. The third kappa shape index (κ3) is 3.06. The maximum absolute atomic E-state index is 12.3. The van der Waals surface area contributed by atoms with E-state index in [4.69, 9.17) is 11.6 Å². The smallest absolute Gasteiger partial charge is 0.253 e. The first-order chi connectivity index (χ1) is 10.1. The molecule has 7 heteroatoms. The fourth-order valence-electron chi connectivity index (χ4n) is 1.82. The number of hydrogen-bond donors (Lipinski definition) is 0. The molecule has 1 atom stereocenters. The number of rotatable bonds is 4. The SMILES string of the molecule is CC(Sc1nc2ncccn2n1)C(=O)c1ccc(Cl)cc1. The maximum Gasteiger partial charge on any atom is 0.253 e. The van der Waals surface area contributed by atoms with E-state index in [0.717, 1.165) is 0 Å². The van der Waals surface area contributed by atoms with Crippen molar-refractivity contribution in [2.45, 2.75) is 17.3 Å². The van der Waals surface area contributed by atoms with E-state index in [0.29, 0.717) is 21.5 Å². The molecule has 0 fully saturated rings. The zero-order valence-electron chi connectivity index (χ0n) is 11.1. The molecule has 0 amide bonds. The number of carbonyl (C=O) groups excluding carboxylic acids is 1. The summed E-state index contributed by atoms with van der Waals surface area (Å²) in [5.74, 6) is 0.537. The first-order valence-corrected chi connectivity index (χ1v) is 7.53. The largest absolute Gasteiger partial charge is 0.293 e. The van der Waals surface area contributed by atoms with Crippen molar-refractivity contribution in [3.63, 3.8) is 0 Å². The zero-order chi connectivity index (χ0) is 14.8. The number of ketones is 1. The number of thioether (sulfide) groups is 1. The van der Waals surface area contributed by atoms with Crippen LogP contribution >= 0.6 is 23.4 Å². The van der Waals surface area contributed by atoms with E-state index in [1.807, 2.05) is 6.92 Å². The quantitative estimate of drug-likeness (QED) is 0.546. The van der Waals surface area contributed by atoms with E-state index in [2.05, 4.69) is 15.1 Å². The van der Waals surface area contributed by atoms with Gasteiger partial charge in [-0.15, -0.1) is 5.10 Å². The van der Waals surface area contributed by atoms with Crippen molar-refractivity contribution in [3.05, 3.63) is 53.3 Å². The summed E-state index contributed by atoms with van der Waals surface area (Å²) in [6, 6.07) is 8.64. The Morgan fingerprint density at radius 3 is 2.81 bits per heavy atom. The van der Waals surface area contributed by atoms with Crippen LogP contribution in [0.3, 0.4) is 0 Å². The minimum absolute atomic E-state index is 0.0171. The molecule has 1 unspecified atom stereocenters. The Hall–Kier alpha value is -1.92. The van der Waals surface area contributed by atoms with Gasteiger partial charge in [0.25, 0.3) is 5.78 Å². The molecule has 0 aliphatic heterocycles. The van der Waals surface area contributed by atoms with Crippen molar-refractivity contribution in [2.75, 3.05) is 0 Å². The molecule has 3 aromatic rings. The summed E-state index contributed by atoms with van der Waals surface area (Å²) in [6.07, 6.45) is 3.42. The van der Waals surface area contributed by atoms with Gasteiger partial charge in [-0.2, -0.15) is 4.98 Å². The van der Waals surface area contributed by atoms with Crippen molar-refractivity contribution in [1.29, 1.82) is 0 Å². The number of halogens is 1. The van der Waals surface area contributed by atoms with E-state index in [1.54, 1.807) is 47.2 Å². The fourth-order valence-corrected chi connectivity index (χ4v) is 2.78. The summed E-state index contributed by atoms with van der Waals surface area (Å²) in [7, 11) is 0. The Morgan fingerprint density at radius 2 is 2.10 bits per heavy atom. The normalized spacial score (nSPS) is 12.5. The van der Waals surface area contributed by atoms with Crippen molar-refractivity contribution in [3.8, 4) is 0 Å². The summed E-state index contributed by atoms with van der Waals surface area (Å²) in [4.78, 5) is 20.7. The Bertz CT molecular complexity index is 754. The topological polar surface area (TPSA) is 60.1 Å². The van der Waals surface area contributed by atoms with Crippen molar-refractivity contribution < 1.29 is 4.79 Å². The molecule has 0 spiro atoms. The van der Waals surface area contributed by atoms with Gasteiger partial charge < -0.3 is 0 Å². The first-order valence-electron chi connectivity index (χ1n) is 6.27. The van der Waals surface area contributed by atoms with E-state index < -0.39 is 0 Å². The summed E-state index contributed by atoms with van der Waals surface area (Å²) in [5.41, 5.74) is 0.626. The predicted molar refractivity (Wildman–Crippen MR) is 81.9 cm³/mol. The number of fused-ring (bicyclic) bond motifs is 1. The zero-order valence-corrected chi connectivity index (χ0v) is 12.7. The predicted octanol–water partition coefficient (Wildman–Crippen LogP) is 3.14. The highest BCUT2D eigenvalue weighted by Gasteiger charge is 2.19. The van der Waals surface area contributed by atoms with Gasteiger partial charge >= 0.3 is 0 Å². The molecular formula is C14H11ClN4OS. The van der Waals surface area contributed by atoms with Crippen molar-refractivity contribution in [1.82, 2.24) is 19.6 Å². The number of hydrogen-bond acceptors (Lipinski definition) is 5. The fraction of sp³-hybridized carbons (Fsp3) is 0.143. The van der Waals surface area contributed by atoms with E-state index in [1.165, 1.54) is 11.8 Å². The molecule has 1 aromatic carbocycles. The molecule has 3 rings (SSSR count). The molecule has 106 valence electrons. The van der Waals surface area contributed by atoms with Crippen LogP contribution in [0.1, 0.15) is 17.3 Å². The van der Waals surface area contributed by atoms with Gasteiger partial charge in [-0.3, -0.25) is 4.79 Å². The minimum Gasteiger partial charge on any atom is -0.293 e. The van der Waals surface area contributed by atoms with Gasteiger partial charge in [0.05, 0.1) is 5.25 Å². The van der Waals surface area contributed by atoms with Gasteiger partial charge in [-0.1, -0.05) is 23.4 Å². The lowest BCUT2D eigenvalue weighted by atomic mass is 10.1. The maximum atomic E-state index is 12.3. The van der Waals surface area contributed by atoms with Crippen LogP contribution in [0.15, 0.2) is 47.9 Å². The molecule has 0 radical (unpaired) electrons. The molecule has 2 heterocycles. The molecule has 0 aliphatic carbocycles. The Labute approximate surface area is 130 Å². The van der Waals surface area contributed by atoms with Gasteiger partial charge in [0.1, 0.15) is 0 Å². The van der Waals surface area contributed by atoms with Crippen LogP contribution in [0.2, 0.25) is 5.02 Å². The average Bonchev–Trinajstić information content (AvgIpc) is 2.89. The van der Waals surface area contributed by atoms with Crippen LogP contribution in [-0.2, 0) is 0 Å². The molecular weight excluding hydrogens is 308 g/mol. The Morgan fingerprint density at radius 1 is 1.33 bits per heavy atom. The van der Waals surface area contributed by atoms with Crippen LogP contribution < -0.4 is 0 Å². The van der Waals surface area contributed by atoms with Crippen LogP contribution in [0.5, 0.6) is 0 Å². The van der Waals surface area contributed by atoms with Gasteiger partial charge in [0, 0.05) is 23.0 Å². The second-order valence-electron chi connectivity index (χ2n) is 4.39. The third-order valence-corrected chi connectivity index (χ3v) is 4.08. The highest BCUT2D eigenvalue weighted by molar-refractivity contribution is 8.00. The molecule has 0 bridgehead atoms. The number of benzene rings is 1.